The van der Waals surface area contributed by atoms with Crippen LogP contribution in [0.1, 0.15) is 23.0 Å². The van der Waals surface area contributed by atoms with E-state index in [1.807, 2.05) is 25.1 Å². The summed E-state index contributed by atoms with van der Waals surface area (Å²) < 4.78 is 0. The minimum absolute atomic E-state index is 0.141. The third-order valence-corrected chi connectivity index (χ3v) is 3.23. The zero-order chi connectivity index (χ0) is 14.5. The van der Waals surface area contributed by atoms with Gasteiger partial charge in [0.25, 0.3) is 5.91 Å². The van der Waals surface area contributed by atoms with Crippen molar-refractivity contribution >= 4 is 23.2 Å². The van der Waals surface area contributed by atoms with Gasteiger partial charge in [-0.1, -0.05) is 17.7 Å². The lowest BCUT2D eigenvalue weighted by molar-refractivity contribution is 0.0751. The molecule has 0 atom stereocenters. The van der Waals surface area contributed by atoms with Gasteiger partial charge in [-0.05, 0) is 37.3 Å². The van der Waals surface area contributed by atoms with Crippen LogP contribution in [-0.2, 0) is 6.54 Å². The molecule has 0 spiro atoms. The summed E-state index contributed by atoms with van der Waals surface area (Å²) in [6.45, 7) is 2.94. The Morgan fingerprint density at radius 2 is 2.15 bits per heavy atom. The lowest BCUT2D eigenvalue weighted by Gasteiger charge is -2.21. The molecule has 0 saturated heterocycles. The topological polar surface area (TPSA) is 59.2 Å². The van der Waals surface area contributed by atoms with Crippen LogP contribution in [0, 0.1) is 0 Å². The van der Waals surface area contributed by atoms with Gasteiger partial charge >= 0.3 is 0 Å². The third-order valence-electron chi connectivity index (χ3n) is 2.99. The van der Waals surface area contributed by atoms with E-state index in [0.29, 0.717) is 29.4 Å². The number of rotatable bonds is 4. The van der Waals surface area contributed by atoms with Crippen LogP contribution < -0.4 is 5.73 Å². The summed E-state index contributed by atoms with van der Waals surface area (Å²) in [5.41, 5.74) is 7.55. The summed E-state index contributed by atoms with van der Waals surface area (Å²) in [4.78, 5) is 18.4. The highest BCUT2D eigenvalue weighted by molar-refractivity contribution is 6.31. The molecule has 2 rings (SSSR count). The highest BCUT2D eigenvalue weighted by Gasteiger charge is 2.17. The Labute approximate surface area is 123 Å². The van der Waals surface area contributed by atoms with Crippen LogP contribution in [0.5, 0.6) is 0 Å². The summed E-state index contributed by atoms with van der Waals surface area (Å²) >= 11 is 5.93. The van der Waals surface area contributed by atoms with Crippen molar-refractivity contribution in [1.82, 2.24) is 9.88 Å². The van der Waals surface area contributed by atoms with E-state index in [9.17, 15) is 4.79 Å². The number of benzene rings is 1. The molecule has 1 aromatic carbocycles. The molecular weight excluding hydrogens is 274 g/mol. The third kappa shape index (κ3) is 3.27. The summed E-state index contributed by atoms with van der Waals surface area (Å²) in [5.74, 6) is -0.141. The molecule has 1 heterocycles. The zero-order valence-electron chi connectivity index (χ0n) is 11.2. The summed E-state index contributed by atoms with van der Waals surface area (Å²) in [7, 11) is 0. The summed E-state index contributed by atoms with van der Waals surface area (Å²) in [5, 5.41) is 0.497. The highest BCUT2D eigenvalue weighted by Crippen LogP contribution is 2.20. The number of halogens is 1. The first kappa shape index (κ1) is 14.3. The van der Waals surface area contributed by atoms with Crippen molar-refractivity contribution in [2.24, 2.45) is 0 Å². The predicted octanol–water partition coefficient (Wildman–Crippen LogP) is 2.98. The molecule has 0 fully saturated rings. The van der Waals surface area contributed by atoms with E-state index in [0.717, 1.165) is 5.69 Å². The highest BCUT2D eigenvalue weighted by atomic mass is 35.5. The van der Waals surface area contributed by atoms with Crippen LogP contribution in [-0.4, -0.2) is 22.3 Å². The lowest BCUT2D eigenvalue weighted by atomic mass is 10.1. The Morgan fingerprint density at radius 3 is 2.80 bits per heavy atom. The molecule has 2 N–H and O–H groups in total. The van der Waals surface area contributed by atoms with Crippen LogP contribution in [0.3, 0.4) is 0 Å². The van der Waals surface area contributed by atoms with Gasteiger partial charge in [-0.3, -0.25) is 9.78 Å². The summed E-state index contributed by atoms with van der Waals surface area (Å²) in [6, 6.07) is 10.5. The maximum Gasteiger partial charge on any atom is 0.256 e. The quantitative estimate of drug-likeness (QED) is 0.880. The average molecular weight is 290 g/mol. The van der Waals surface area contributed by atoms with Gasteiger partial charge in [0, 0.05) is 23.5 Å². The van der Waals surface area contributed by atoms with Crippen molar-refractivity contribution in [2.45, 2.75) is 13.5 Å². The monoisotopic (exact) mass is 289 g/mol. The number of nitrogens with two attached hydrogens (primary N) is 1. The van der Waals surface area contributed by atoms with E-state index < -0.39 is 0 Å². The van der Waals surface area contributed by atoms with Crippen molar-refractivity contribution in [3.8, 4) is 0 Å². The second-order valence-electron chi connectivity index (χ2n) is 4.37. The molecule has 4 nitrogen and oxygen atoms in total. The number of hydrogen-bond acceptors (Lipinski definition) is 3. The Morgan fingerprint density at radius 1 is 1.35 bits per heavy atom. The first-order valence-corrected chi connectivity index (χ1v) is 6.73. The standard InChI is InChI=1S/C15H16ClN3O/c1-2-19(10-12-5-3-4-8-18-12)15(20)13-9-11(16)6-7-14(13)17/h3-9H,2,10,17H2,1H3. The lowest BCUT2D eigenvalue weighted by Crippen LogP contribution is -2.31. The number of amides is 1. The molecule has 104 valence electrons. The SMILES string of the molecule is CCN(Cc1ccccn1)C(=O)c1cc(Cl)ccc1N. The number of carbonyl (C=O) groups excluding carboxylic acids is 1. The molecule has 1 aromatic heterocycles. The van der Waals surface area contributed by atoms with Crippen LogP contribution in [0.2, 0.25) is 5.02 Å². The van der Waals surface area contributed by atoms with Crippen molar-refractivity contribution in [3.63, 3.8) is 0 Å². The van der Waals surface area contributed by atoms with Gasteiger partial charge in [-0.25, -0.2) is 0 Å². The van der Waals surface area contributed by atoms with Crippen LogP contribution in [0.15, 0.2) is 42.6 Å². The fourth-order valence-corrected chi connectivity index (χ4v) is 2.07. The van der Waals surface area contributed by atoms with E-state index in [1.54, 1.807) is 29.3 Å². The van der Waals surface area contributed by atoms with Gasteiger partial charge in [-0.15, -0.1) is 0 Å². The van der Waals surface area contributed by atoms with Crippen molar-refractivity contribution < 1.29 is 4.79 Å². The smallest absolute Gasteiger partial charge is 0.256 e. The molecule has 1 amide bonds. The van der Waals surface area contributed by atoms with Crippen molar-refractivity contribution in [3.05, 3.63) is 58.9 Å². The van der Waals surface area contributed by atoms with Crippen molar-refractivity contribution in [2.75, 3.05) is 12.3 Å². The van der Waals surface area contributed by atoms with E-state index in [-0.39, 0.29) is 5.91 Å². The number of aromatic nitrogens is 1. The van der Waals surface area contributed by atoms with Crippen LogP contribution >= 0.6 is 11.6 Å². The normalized spacial score (nSPS) is 10.3. The number of anilines is 1. The predicted molar refractivity (Wildman–Crippen MR) is 80.5 cm³/mol. The fraction of sp³-hybridized carbons (Fsp3) is 0.200. The number of carbonyl (C=O) groups is 1. The van der Waals surface area contributed by atoms with Gasteiger partial charge < -0.3 is 10.6 Å². The Hall–Kier alpha value is -2.07. The van der Waals surface area contributed by atoms with Gasteiger partial charge in [0.1, 0.15) is 0 Å². The molecule has 0 radical (unpaired) electrons. The molecule has 0 aliphatic rings. The van der Waals surface area contributed by atoms with E-state index in [4.69, 9.17) is 17.3 Å². The Kier molecular flexibility index (Phi) is 4.58. The first-order chi connectivity index (χ1) is 9.61. The zero-order valence-corrected chi connectivity index (χ0v) is 12.0. The second-order valence-corrected chi connectivity index (χ2v) is 4.81. The molecule has 20 heavy (non-hydrogen) atoms. The molecule has 0 saturated carbocycles. The van der Waals surface area contributed by atoms with Crippen molar-refractivity contribution in [1.29, 1.82) is 0 Å². The van der Waals surface area contributed by atoms with E-state index in [1.165, 1.54) is 0 Å². The Balaban J connectivity index is 2.23. The maximum absolute atomic E-state index is 12.5. The number of nitrogens with zero attached hydrogens (tertiary/aromatic N) is 2. The van der Waals surface area contributed by atoms with Gasteiger partial charge in [0.05, 0.1) is 17.8 Å². The minimum Gasteiger partial charge on any atom is -0.398 e. The van der Waals surface area contributed by atoms with Crippen LogP contribution in [0.4, 0.5) is 5.69 Å². The van der Waals surface area contributed by atoms with E-state index in [2.05, 4.69) is 4.98 Å². The molecule has 0 aliphatic carbocycles. The summed E-state index contributed by atoms with van der Waals surface area (Å²) in [6.07, 6.45) is 1.71. The van der Waals surface area contributed by atoms with Gasteiger partial charge in [0.15, 0.2) is 0 Å². The molecule has 0 aliphatic heterocycles. The molecule has 0 bridgehead atoms. The first-order valence-electron chi connectivity index (χ1n) is 6.36. The number of hydrogen-bond donors (Lipinski definition) is 1. The van der Waals surface area contributed by atoms with E-state index >= 15 is 0 Å². The van der Waals surface area contributed by atoms with Crippen LogP contribution in [0.25, 0.3) is 0 Å². The molecule has 2 aromatic rings. The fourth-order valence-electron chi connectivity index (χ4n) is 1.90. The largest absolute Gasteiger partial charge is 0.398 e. The van der Waals surface area contributed by atoms with Gasteiger partial charge in [0.2, 0.25) is 0 Å². The minimum atomic E-state index is -0.141. The average Bonchev–Trinajstić information content (AvgIpc) is 2.47. The maximum atomic E-state index is 12.5. The molecule has 0 unspecified atom stereocenters. The number of nitrogen functional groups attached to an aromatic ring is 1. The van der Waals surface area contributed by atoms with Gasteiger partial charge in [-0.2, -0.15) is 0 Å². The second kappa shape index (κ2) is 6.39. The Bertz CT molecular complexity index is 601. The number of pyridine rings is 1. The molecule has 5 heteroatoms. The molecular formula is C15H16ClN3O.